The number of carbonyl (C=O) groups is 1. The number of aliphatic hydroxyl groups is 1. The van der Waals surface area contributed by atoms with Crippen molar-refractivity contribution in [3.05, 3.63) is 75.8 Å². The zero-order chi connectivity index (χ0) is 17.9. The van der Waals surface area contributed by atoms with E-state index in [0.29, 0.717) is 11.1 Å². The van der Waals surface area contributed by atoms with Gasteiger partial charge < -0.3 is 14.6 Å². The van der Waals surface area contributed by atoms with Crippen LogP contribution in [0.2, 0.25) is 0 Å². The van der Waals surface area contributed by atoms with Crippen molar-refractivity contribution in [3.8, 4) is 0 Å². The van der Waals surface area contributed by atoms with Crippen LogP contribution in [0, 0.1) is 10.1 Å². The number of carbonyl (C=O) groups excluding carboxylic acids is 1. The van der Waals surface area contributed by atoms with Crippen molar-refractivity contribution in [1.29, 1.82) is 0 Å². The molecule has 0 radical (unpaired) electrons. The van der Waals surface area contributed by atoms with Gasteiger partial charge in [-0.1, -0.05) is 42.5 Å². The van der Waals surface area contributed by atoms with E-state index in [1.54, 1.807) is 42.5 Å². The van der Waals surface area contributed by atoms with Crippen LogP contribution in [0.1, 0.15) is 11.1 Å². The number of non-ortho nitro benzene ring substituents is 1. The molecule has 1 atom stereocenters. The molecule has 1 N–H and O–H groups in total. The quantitative estimate of drug-likeness (QED) is 0.484. The third-order valence-corrected chi connectivity index (χ3v) is 3.85. The Morgan fingerprint density at radius 1 is 1.24 bits per heavy atom. The van der Waals surface area contributed by atoms with Crippen LogP contribution in [0.3, 0.4) is 0 Å². The van der Waals surface area contributed by atoms with Crippen molar-refractivity contribution in [1.82, 2.24) is 4.90 Å². The Bertz CT molecular complexity index is 782. The maximum Gasteiger partial charge on any atom is 0.324 e. The Balaban J connectivity index is 1.90. The fraction of sp³-hybridized carbons (Fsp3) is 0.235. The lowest BCUT2D eigenvalue weighted by atomic mass is 10.1. The zero-order valence-electron chi connectivity index (χ0n) is 13.2. The predicted octanol–water partition coefficient (Wildman–Crippen LogP) is 1.73. The van der Waals surface area contributed by atoms with E-state index in [1.807, 2.05) is 0 Å². The molecule has 1 fully saturated rings. The molecule has 1 heterocycles. The molecular formula is C17H16N2O6. The minimum atomic E-state index is -1.57. The lowest BCUT2D eigenvalue weighted by Gasteiger charge is -2.34. The number of benzene rings is 2. The van der Waals surface area contributed by atoms with Crippen LogP contribution in [0.15, 0.2) is 54.6 Å². The first-order chi connectivity index (χ1) is 12.0. The number of rotatable bonds is 6. The molecule has 1 saturated heterocycles. The fourth-order valence-corrected chi connectivity index (χ4v) is 2.69. The summed E-state index contributed by atoms with van der Waals surface area (Å²) in [6.07, 6.45) is 0. The van der Waals surface area contributed by atoms with E-state index in [4.69, 9.17) is 9.47 Å². The van der Waals surface area contributed by atoms with Gasteiger partial charge in [-0.25, -0.2) is 4.90 Å². The van der Waals surface area contributed by atoms with Gasteiger partial charge in [0.25, 0.3) is 5.69 Å². The highest BCUT2D eigenvalue weighted by Gasteiger charge is 2.50. The van der Waals surface area contributed by atoms with Gasteiger partial charge in [0.2, 0.25) is 0 Å². The maximum absolute atomic E-state index is 11.8. The van der Waals surface area contributed by atoms with E-state index in [9.17, 15) is 20.0 Å². The summed E-state index contributed by atoms with van der Waals surface area (Å²) in [5.74, 6) is -2.10. The third-order valence-electron chi connectivity index (χ3n) is 3.85. The number of hydrogen-bond acceptors (Lipinski definition) is 7. The number of nitro benzene ring substituents is 1. The summed E-state index contributed by atoms with van der Waals surface area (Å²) in [4.78, 5) is 23.6. The molecule has 8 heteroatoms. The molecule has 1 aliphatic heterocycles. The van der Waals surface area contributed by atoms with Crippen LogP contribution in [0.25, 0.3) is 0 Å². The number of hydrogen-bond donors (Lipinski definition) is 1. The molecule has 130 valence electrons. The summed E-state index contributed by atoms with van der Waals surface area (Å²) in [6, 6.07) is 14.7. The second-order valence-corrected chi connectivity index (χ2v) is 5.48. The van der Waals surface area contributed by atoms with Gasteiger partial charge in [0.1, 0.15) is 13.3 Å². The molecule has 0 spiro atoms. The topological polar surface area (TPSA) is 102 Å². The molecule has 0 saturated carbocycles. The predicted molar refractivity (Wildman–Crippen MR) is 85.9 cm³/mol. The summed E-state index contributed by atoms with van der Waals surface area (Å²) < 4.78 is 11.3. The van der Waals surface area contributed by atoms with Crippen molar-refractivity contribution in [2.24, 2.45) is 0 Å². The number of nitrogens with zero attached hydrogens (tertiary/aromatic N) is 2. The molecule has 8 nitrogen and oxygen atoms in total. The Morgan fingerprint density at radius 2 is 2.00 bits per heavy atom. The lowest BCUT2D eigenvalue weighted by Crippen LogP contribution is -2.45. The highest BCUT2D eigenvalue weighted by Crippen LogP contribution is 2.36. The monoisotopic (exact) mass is 344 g/mol. The minimum absolute atomic E-state index is 0.0413. The van der Waals surface area contributed by atoms with Gasteiger partial charge in [0.05, 0.1) is 11.5 Å². The molecule has 0 bridgehead atoms. The molecule has 3 rings (SSSR count). The third kappa shape index (κ3) is 3.36. The van der Waals surface area contributed by atoms with Crippen LogP contribution >= 0.6 is 0 Å². The molecule has 1 aliphatic rings. The molecule has 2 aromatic rings. The molecule has 0 aromatic heterocycles. The van der Waals surface area contributed by atoms with Crippen molar-refractivity contribution < 1.29 is 24.3 Å². The van der Waals surface area contributed by atoms with Crippen LogP contribution < -0.4 is 0 Å². The second kappa shape index (κ2) is 6.98. The van der Waals surface area contributed by atoms with Crippen LogP contribution in [-0.2, 0) is 26.8 Å². The van der Waals surface area contributed by atoms with E-state index >= 15 is 0 Å². The summed E-state index contributed by atoms with van der Waals surface area (Å²) in [5.41, 5.74) is 1.03. The Hall–Kier alpha value is -2.81. The van der Waals surface area contributed by atoms with E-state index in [2.05, 4.69) is 0 Å². The second-order valence-electron chi connectivity index (χ2n) is 5.48. The lowest BCUT2D eigenvalue weighted by molar-refractivity contribution is -0.385. The van der Waals surface area contributed by atoms with Gasteiger partial charge >= 0.3 is 11.9 Å². The van der Waals surface area contributed by atoms with Gasteiger partial charge in [-0.15, -0.1) is 0 Å². The maximum atomic E-state index is 11.8. The van der Waals surface area contributed by atoms with Crippen molar-refractivity contribution in [3.63, 3.8) is 0 Å². The van der Waals surface area contributed by atoms with Crippen LogP contribution in [0.5, 0.6) is 0 Å². The molecule has 0 aliphatic carbocycles. The highest BCUT2D eigenvalue weighted by atomic mass is 16.8. The first-order valence-electron chi connectivity index (χ1n) is 7.56. The Labute approximate surface area is 143 Å². The zero-order valence-corrected chi connectivity index (χ0v) is 13.2. The summed E-state index contributed by atoms with van der Waals surface area (Å²) in [5, 5.41) is 20.5. The fourth-order valence-electron chi connectivity index (χ4n) is 2.69. The van der Waals surface area contributed by atoms with Crippen LogP contribution in [0.4, 0.5) is 5.69 Å². The van der Waals surface area contributed by atoms with Crippen molar-refractivity contribution in [2.45, 2.75) is 12.5 Å². The molecule has 1 unspecified atom stereocenters. The van der Waals surface area contributed by atoms with Gasteiger partial charge in [0.15, 0.2) is 0 Å². The number of nitro groups is 1. The summed E-state index contributed by atoms with van der Waals surface area (Å²) in [6.45, 7) is -0.615. The van der Waals surface area contributed by atoms with E-state index in [-0.39, 0.29) is 18.8 Å². The molecule has 0 amide bonds. The van der Waals surface area contributed by atoms with Crippen molar-refractivity contribution >= 4 is 11.7 Å². The van der Waals surface area contributed by atoms with Gasteiger partial charge in [-0.05, 0) is 5.56 Å². The number of esters is 1. The first-order valence-corrected chi connectivity index (χ1v) is 7.56. The summed E-state index contributed by atoms with van der Waals surface area (Å²) >= 11 is 0. The summed E-state index contributed by atoms with van der Waals surface area (Å²) in [7, 11) is 0. The number of cyclic esters (lactones) is 1. The average molecular weight is 344 g/mol. The average Bonchev–Trinajstić information content (AvgIpc) is 2.98. The SMILES string of the molecule is O=C1CN(CO)C(OCc2cccc([N+](=O)[O-])c2)(c2ccccc2)O1. The first kappa shape index (κ1) is 17.0. The molecule has 2 aromatic carbocycles. The number of ether oxygens (including phenoxy) is 2. The van der Waals surface area contributed by atoms with E-state index in [1.165, 1.54) is 17.0 Å². The molecular weight excluding hydrogens is 328 g/mol. The number of aliphatic hydroxyl groups excluding tert-OH is 1. The van der Waals surface area contributed by atoms with E-state index < -0.39 is 23.5 Å². The minimum Gasteiger partial charge on any atom is -0.413 e. The highest BCUT2D eigenvalue weighted by molar-refractivity contribution is 5.74. The van der Waals surface area contributed by atoms with Gasteiger partial charge in [-0.3, -0.25) is 14.9 Å². The van der Waals surface area contributed by atoms with Crippen molar-refractivity contribution in [2.75, 3.05) is 13.3 Å². The van der Waals surface area contributed by atoms with Gasteiger partial charge in [0, 0.05) is 17.7 Å². The normalized spacial score (nSPS) is 20.4. The Morgan fingerprint density at radius 3 is 2.68 bits per heavy atom. The van der Waals surface area contributed by atoms with Crippen LogP contribution in [-0.4, -0.2) is 34.2 Å². The largest absolute Gasteiger partial charge is 0.413 e. The van der Waals surface area contributed by atoms with E-state index in [0.717, 1.165) is 0 Å². The Kier molecular flexibility index (Phi) is 4.75. The molecule has 25 heavy (non-hydrogen) atoms. The standard InChI is InChI=1S/C17H16N2O6/c20-12-18-10-16(21)25-17(18,14-6-2-1-3-7-14)24-11-13-5-4-8-15(9-13)19(22)23/h1-9,20H,10-12H2. The van der Waals surface area contributed by atoms with Gasteiger partial charge in [-0.2, -0.15) is 0 Å². The smallest absolute Gasteiger partial charge is 0.324 e.